The highest BCUT2D eigenvalue weighted by Crippen LogP contribution is 2.40. The van der Waals surface area contributed by atoms with E-state index in [1.54, 1.807) is 32.7 Å². The van der Waals surface area contributed by atoms with Gasteiger partial charge >= 0.3 is 0 Å². The number of hydrogen-bond acceptors (Lipinski definition) is 6. The van der Waals surface area contributed by atoms with Crippen LogP contribution in [0.15, 0.2) is 34.7 Å². The minimum atomic E-state index is -0.00288. The Kier molecular flexibility index (Phi) is 5.23. The summed E-state index contributed by atoms with van der Waals surface area (Å²) < 4.78 is 16.2. The zero-order valence-electron chi connectivity index (χ0n) is 14.4. The van der Waals surface area contributed by atoms with Gasteiger partial charge in [0.15, 0.2) is 11.5 Å². The summed E-state index contributed by atoms with van der Waals surface area (Å²) in [5, 5.41) is 8.01. The highest BCUT2D eigenvalue weighted by molar-refractivity contribution is 7.10. The highest BCUT2D eigenvalue weighted by Gasteiger charge is 2.26. The molecular formula is C18H20N2O4S. The Bertz CT molecular complexity index is 787. The maximum atomic E-state index is 12.4. The average molecular weight is 360 g/mol. The number of methoxy groups -OCH3 is 3. The number of carbonyl (C=O) groups excluding carboxylic acids is 1. The van der Waals surface area contributed by atoms with Crippen molar-refractivity contribution in [2.75, 3.05) is 27.9 Å². The van der Waals surface area contributed by atoms with Crippen LogP contribution in [-0.2, 0) is 11.2 Å². The number of rotatable bonds is 6. The second-order valence-corrected chi connectivity index (χ2v) is 6.48. The van der Waals surface area contributed by atoms with Crippen LogP contribution in [0.2, 0.25) is 0 Å². The van der Waals surface area contributed by atoms with Gasteiger partial charge in [-0.1, -0.05) is 6.07 Å². The lowest BCUT2D eigenvalue weighted by Crippen LogP contribution is -2.24. The Morgan fingerprint density at radius 1 is 1.16 bits per heavy atom. The Hall–Kier alpha value is -2.54. The quantitative estimate of drug-likeness (QED) is 0.795. The van der Waals surface area contributed by atoms with Crippen LogP contribution in [0, 0.1) is 0 Å². The molecule has 0 bridgehead atoms. The van der Waals surface area contributed by atoms with E-state index in [0.29, 0.717) is 36.6 Å². The molecule has 0 aliphatic carbocycles. The van der Waals surface area contributed by atoms with E-state index in [9.17, 15) is 4.79 Å². The largest absolute Gasteiger partial charge is 0.493 e. The van der Waals surface area contributed by atoms with Crippen molar-refractivity contribution < 1.29 is 19.0 Å². The Balaban J connectivity index is 1.86. The molecule has 1 aromatic carbocycles. The van der Waals surface area contributed by atoms with Crippen LogP contribution in [0.4, 0.5) is 0 Å². The van der Waals surface area contributed by atoms with Gasteiger partial charge in [-0.05, 0) is 23.6 Å². The number of ether oxygens (including phenoxy) is 3. The van der Waals surface area contributed by atoms with Gasteiger partial charge in [0, 0.05) is 16.9 Å². The van der Waals surface area contributed by atoms with Gasteiger partial charge in [0.2, 0.25) is 11.7 Å². The summed E-state index contributed by atoms with van der Waals surface area (Å²) in [6.07, 6.45) is 1.04. The molecule has 7 heteroatoms. The van der Waals surface area contributed by atoms with Gasteiger partial charge < -0.3 is 14.2 Å². The zero-order valence-corrected chi connectivity index (χ0v) is 15.3. The summed E-state index contributed by atoms with van der Waals surface area (Å²) in [5.41, 5.74) is 1.61. The molecule has 0 radical (unpaired) electrons. The van der Waals surface area contributed by atoms with E-state index in [1.165, 1.54) is 5.01 Å². The number of amides is 1. The molecule has 1 amide bonds. The van der Waals surface area contributed by atoms with Gasteiger partial charge in [-0.15, -0.1) is 11.3 Å². The van der Waals surface area contributed by atoms with Gasteiger partial charge in [-0.2, -0.15) is 5.10 Å². The predicted octanol–water partition coefficient (Wildman–Crippen LogP) is 2.95. The van der Waals surface area contributed by atoms with Gasteiger partial charge in [-0.25, -0.2) is 5.01 Å². The van der Waals surface area contributed by atoms with Crippen molar-refractivity contribution in [3.05, 3.63) is 40.1 Å². The predicted molar refractivity (Wildman–Crippen MR) is 97.0 cm³/mol. The maximum absolute atomic E-state index is 12.4. The fourth-order valence-electron chi connectivity index (χ4n) is 2.81. The van der Waals surface area contributed by atoms with Crippen LogP contribution in [0.3, 0.4) is 0 Å². The number of benzene rings is 1. The molecule has 0 saturated heterocycles. The standard InChI is InChI=1S/C18H20N2O4S/c1-22-15-7-6-13(17(23-2)18(15)24-3)14-8-9-20(19-14)16(21)11-12-5-4-10-25-12/h4-7,10H,8-9,11H2,1-3H3. The SMILES string of the molecule is COc1ccc(C2=NN(C(=O)Cc3cccs3)CC2)c(OC)c1OC. The van der Waals surface area contributed by atoms with Crippen LogP contribution >= 0.6 is 11.3 Å². The molecule has 0 N–H and O–H groups in total. The third-order valence-electron chi connectivity index (χ3n) is 4.01. The molecule has 1 aromatic heterocycles. The maximum Gasteiger partial charge on any atom is 0.247 e. The first kappa shape index (κ1) is 17.3. The average Bonchev–Trinajstić information content (AvgIpc) is 3.31. The smallest absolute Gasteiger partial charge is 0.247 e. The molecule has 0 fully saturated rings. The second-order valence-electron chi connectivity index (χ2n) is 5.45. The van der Waals surface area contributed by atoms with E-state index < -0.39 is 0 Å². The van der Waals surface area contributed by atoms with Crippen LogP contribution < -0.4 is 14.2 Å². The van der Waals surface area contributed by atoms with E-state index >= 15 is 0 Å². The van der Waals surface area contributed by atoms with Gasteiger partial charge in [0.25, 0.3) is 0 Å². The number of thiophene rings is 1. The molecular weight excluding hydrogens is 340 g/mol. The van der Waals surface area contributed by atoms with Crippen LogP contribution in [0.25, 0.3) is 0 Å². The highest BCUT2D eigenvalue weighted by atomic mass is 32.1. The number of hydrazone groups is 1. The minimum Gasteiger partial charge on any atom is -0.493 e. The van der Waals surface area contributed by atoms with Gasteiger partial charge in [0.1, 0.15) is 0 Å². The lowest BCUT2D eigenvalue weighted by molar-refractivity contribution is -0.129. The van der Waals surface area contributed by atoms with E-state index in [0.717, 1.165) is 16.2 Å². The fourth-order valence-corrected chi connectivity index (χ4v) is 3.50. The number of hydrogen-bond donors (Lipinski definition) is 0. The van der Waals surface area contributed by atoms with Crippen molar-refractivity contribution >= 4 is 23.0 Å². The Morgan fingerprint density at radius 3 is 2.60 bits per heavy atom. The fraction of sp³-hybridized carbons (Fsp3) is 0.333. The third kappa shape index (κ3) is 3.46. The van der Waals surface area contributed by atoms with Crippen LogP contribution in [-0.4, -0.2) is 44.5 Å². The first-order valence-corrected chi connectivity index (χ1v) is 8.75. The first-order valence-electron chi connectivity index (χ1n) is 7.87. The lowest BCUT2D eigenvalue weighted by Gasteiger charge is -2.15. The second kappa shape index (κ2) is 7.57. The lowest BCUT2D eigenvalue weighted by atomic mass is 10.1. The molecule has 0 saturated carbocycles. The first-order chi connectivity index (χ1) is 12.2. The molecule has 1 aliphatic rings. The van der Waals surface area contributed by atoms with Crippen molar-refractivity contribution in [2.45, 2.75) is 12.8 Å². The zero-order chi connectivity index (χ0) is 17.8. The summed E-state index contributed by atoms with van der Waals surface area (Å²) in [4.78, 5) is 13.5. The molecule has 2 aromatic rings. The minimum absolute atomic E-state index is 0.00288. The third-order valence-corrected chi connectivity index (χ3v) is 4.89. The molecule has 1 aliphatic heterocycles. The molecule has 0 atom stereocenters. The summed E-state index contributed by atoms with van der Waals surface area (Å²) in [6.45, 7) is 0.567. The molecule has 25 heavy (non-hydrogen) atoms. The molecule has 3 rings (SSSR count). The summed E-state index contributed by atoms with van der Waals surface area (Å²) >= 11 is 1.58. The van der Waals surface area contributed by atoms with Gasteiger partial charge in [0.05, 0.1) is 40.0 Å². The van der Waals surface area contributed by atoms with E-state index in [-0.39, 0.29) is 5.91 Å². The van der Waals surface area contributed by atoms with Crippen molar-refractivity contribution in [1.29, 1.82) is 0 Å². The van der Waals surface area contributed by atoms with Crippen molar-refractivity contribution in [3.63, 3.8) is 0 Å². The molecule has 0 unspecified atom stereocenters. The van der Waals surface area contributed by atoms with Crippen molar-refractivity contribution in [1.82, 2.24) is 5.01 Å². The van der Waals surface area contributed by atoms with Crippen LogP contribution in [0.5, 0.6) is 17.2 Å². The topological polar surface area (TPSA) is 60.4 Å². The van der Waals surface area contributed by atoms with E-state index in [2.05, 4.69) is 5.10 Å². The van der Waals surface area contributed by atoms with Crippen molar-refractivity contribution in [3.8, 4) is 17.2 Å². The summed E-state index contributed by atoms with van der Waals surface area (Å²) in [7, 11) is 4.72. The number of carbonyl (C=O) groups is 1. The molecule has 2 heterocycles. The van der Waals surface area contributed by atoms with Gasteiger partial charge in [-0.3, -0.25) is 4.79 Å². The summed E-state index contributed by atoms with van der Waals surface area (Å²) in [5.74, 6) is 1.67. The Labute approximate surface area is 150 Å². The summed E-state index contributed by atoms with van der Waals surface area (Å²) in [6, 6.07) is 7.60. The van der Waals surface area contributed by atoms with Crippen molar-refractivity contribution in [2.24, 2.45) is 5.10 Å². The normalized spacial score (nSPS) is 13.6. The van der Waals surface area contributed by atoms with Crippen LogP contribution in [0.1, 0.15) is 16.9 Å². The monoisotopic (exact) mass is 360 g/mol. The van der Waals surface area contributed by atoms with E-state index in [1.807, 2.05) is 29.6 Å². The molecule has 132 valence electrons. The number of nitrogens with zero attached hydrogens (tertiary/aromatic N) is 2. The molecule has 0 spiro atoms. The van der Waals surface area contributed by atoms with E-state index in [4.69, 9.17) is 14.2 Å². The molecule has 6 nitrogen and oxygen atoms in total. The Morgan fingerprint density at radius 2 is 1.96 bits per heavy atom.